The smallest absolute Gasteiger partial charge is 0.290 e. The fraction of sp³-hybridized carbons (Fsp3) is 0.556. The number of hydrogen-bond acceptors (Lipinski definition) is 5. The summed E-state index contributed by atoms with van der Waals surface area (Å²) >= 11 is 0. The van der Waals surface area contributed by atoms with Crippen molar-refractivity contribution in [1.29, 1.82) is 0 Å². The second-order valence-corrected chi connectivity index (χ2v) is 6.22. The molecule has 2 heterocycles. The normalized spacial score (nSPS) is 20.4. The molecule has 1 aromatic heterocycles. The van der Waals surface area contributed by atoms with Crippen molar-refractivity contribution >= 4 is 11.6 Å². The highest BCUT2D eigenvalue weighted by atomic mass is 16.7. The van der Waals surface area contributed by atoms with E-state index in [1.54, 1.807) is 24.5 Å². The summed E-state index contributed by atoms with van der Waals surface area (Å²) in [7, 11) is 0. The van der Waals surface area contributed by atoms with Crippen molar-refractivity contribution in [2.75, 3.05) is 18.5 Å². The lowest BCUT2D eigenvalue weighted by molar-refractivity contribution is -0.148. The van der Waals surface area contributed by atoms with Gasteiger partial charge >= 0.3 is 0 Å². The molecule has 0 saturated heterocycles. The summed E-state index contributed by atoms with van der Waals surface area (Å²) in [6.45, 7) is 4.90. The third-order valence-electron chi connectivity index (χ3n) is 3.94. The zero-order valence-corrected chi connectivity index (χ0v) is 14.3. The van der Waals surface area contributed by atoms with Gasteiger partial charge in [0.2, 0.25) is 6.29 Å². The van der Waals surface area contributed by atoms with Crippen molar-refractivity contribution in [3.8, 4) is 0 Å². The number of nitrogens with zero attached hydrogens (tertiary/aromatic N) is 1. The van der Waals surface area contributed by atoms with Crippen LogP contribution in [0.25, 0.3) is 0 Å². The molecule has 1 aliphatic rings. The van der Waals surface area contributed by atoms with Gasteiger partial charge in [-0.05, 0) is 42.9 Å². The van der Waals surface area contributed by atoms with Gasteiger partial charge in [-0.25, -0.2) is 0 Å². The summed E-state index contributed by atoms with van der Waals surface area (Å²) in [6, 6.07) is 3.53. The van der Waals surface area contributed by atoms with Crippen LogP contribution in [0, 0.1) is 11.8 Å². The Morgan fingerprint density at radius 3 is 3.00 bits per heavy atom. The highest BCUT2D eigenvalue weighted by Gasteiger charge is 2.29. The number of amides is 1. The molecule has 1 aliphatic heterocycles. The Morgan fingerprint density at radius 2 is 2.33 bits per heavy atom. The van der Waals surface area contributed by atoms with Gasteiger partial charge in [-0.15, -0.1) is 0 Å². The van der Waals surface area contributed by atoms with Crippen molar-refractivity contribution in [2.24, 2.45) is 11.8 Å². The molecule has 0 bridgehead atoms. The molecule has 1 aromatic rings. The first-order valence-electron chi connectivity index (χ1n) is 8.42. The Kier molecular flexibility index (Phi) is 7.21. The molecule has 1 amide bonds. The number of unbranched alkanes of at least 4 members (excludes halogenated alkanes) is 1. The van der Waals surface area contributed by atoms with E-state index < -0.39 is 6.29 Å². The van der Waals surface area contributed by atoms with Gasteiger partial charge in [0.15, 0.2) is 5.76 Å². The first kappa shape index (κ1) is 18.4. The molecule has 2 N–H and O–H groups in total. The molecule has 24 heavy (non-hydrogen) atoms. The minimum absolute atomic E-state index is 0.155. The van der Waals surface area contributed by atoms with E-state index in [2.05, 4.69) is 24.1 Å². The summed E-state index contributed by atoms with van der Waals surface area (Å²) in [4.78, 5) is 16.4. The number of aliphatic hydroxyl groups excluding tert-OH is 1. The zero-order chi connectivity index (χ0) is 17.4. The van der Waals surface area contributed by atoms with Gasteiger partial charge in [0.1, 0.15) is 0 Å². The van der Waals surface area contributed by atoms with E-state index in [0.29, 0.717) is 24.6 Å². The Labute approximate surface area is 142 Å². The van der Waals surface area contributed by atoms with Crippen LogP contribution >= 0.6 is 0 Å². The van der Waals surface area contributed by atoms with Crippen LogP contribution in [0.2, 0.25) is 0 Å². The number of rotatable bonds is 8. The molecule has 132 valence electrons. The molecule has 2 rings (SSSR count). The minimum atomic E-state index is -0.434. The number of aromatic nitrogens is 1. The predicted molar refractivity (Wildman–Crippen MR) is 91.0 cm³/mol. The van der Waals surface area contributed by atoms with Crippen molar-refractivity contribution in [3.63, 3.8) is 0 Å². The average molecular weight is 334 g/mol. The standard InChI is InChI=1S/C18H26N2O4/c1-13(2)14-10-16(18(22)20-15-6-5-7-19-12-15)24-17(11-14)23-9-4-3-8-21/h5-7,10,12-14,17,21H,3-4,8-9,11H2,1-2H3,(H,20,22)/t14-,17+/m0/s1. The highest BCUT2D eigenvalue weighted by molar-refractivity contribution is 6.02. The molecular formula is C18H26N2O4. The van der Waals surface area contributed by atoms with E-state index in [-0.39, 0.29) is 24.2 Å². The minimum Gasteiger partial charge on any atom is -0.459 e. The predicted octanol–water partition coefficient (Wildman–Crippen LogP) is 2.71. The van der Waals surface area contributed by atoms with Crippen LogP contribution in [0.1, 0.15) is 33.1 Å². The van der Waals surface area contributed by atoms with Gasteiger partial charge in [-0.2, -0.15) is 0 Å². The second-order valence-electron chi connectivity index (χ2n) is 6.22. The van der Waals surface area contributed by atoms with Gasteiger partial charge in [0.05, 0.1) is 18.5 Å². The van der Waals surface area contributed by atoms with Crippen molar-refractivity contribution < 1.29 is 19.4 Å². The quantitative estimate of drug-likeness (QED) is 0.715. The number of allylic oxidation sites excluding steroid dienone is 1. The van der Waals surface area contributed by atoms with E-state index in [1.807, 2.05) is 6.08 Å². The second kappa shape index (κ2) is 9.39. The number of carbonyl (C=O) groups is 1. The summed E-state index contributed by atoms with van der Waals surface area (Å²) < 4.78 is 11.5. The molecule has 0 fully saturated rings. The van der Waals surface area contributed by atoms with Crippen LogP contribution in [-0.4, -0.2) is 35.5 Å². The maximum Gasteiger partial charge on any atom is 0.290 e. The number of carbonyl (C=O) groups excluding carboxylic acids is 1. The fourth-order valence-electron chi connectivity index (χ4n) is 2.47. The number of hydrogen-bond donors (Lipinski definition) is 2. The lowest BCUT2D eigenvalue weighted by Gasteiger charge is -2.30. The van der Waals surface area contributed by atoms with E-state index >= 15 is 0 Å². The Bertz CT molecular complexity index is 545. The number of ether oxygens (including phenoxy) is 2. The average Bonchev–Trinajstić information content (AvgIpc) is 2.59. The maximum atomic E-state index is 12.4. The Hall–Kier alpha value is -1.92. The monoisotopic (exact) mass is 334 g/mol. The van der Waals surface area contributed by atoms with Crippen molar-refractivity contribution in [1.82, 2.24) is 4.98 Å². The van der Waals surface area contributed by atoms with Crippen LogP contribution in [0.15, 0.2) is 36.4 Å². The summed E-state index contributed by atoms with van der Waals surface area (Å²) in [6.07, 6.45) is 6.87. The molecule has 0 aromatic carbocycles. The Balaban J connectivity index is 1.98. The highest BCUT2D eigenvalue weighted by Crippen LogP contribution is 2.29. The first-order chi connectivity index (χ1) is 11.6. The van der Waals surface area contributed by atoms with E-state index in [9.17, 15) is 4.79 Å². The summed E-state index contributed by atoms with van der Waals surface area (Å²) in [5, 5.41) is 11.6. The Morgan fingerprint density at radius 1 is 1.50 bits per heavy atom. The third kappa shape index (κ3) is 5.62. The largest absolute Gasteiger partial charge is 0.459 e. The van der Waals surface area contributed by atoms with Gasteiger partial charge < -0.3 is 19.9 Å². The van der Waals surface area contributed by atoms with Gasteiger partial charge in [-0.3, -0.25) is 9.78 Å². The molecule has 2 atom stereocenters. The molecule has 0 unspecified atom stereocenters. The van der Waals surface area contributed by atoms with Gasteiger partial charge in [0.25, 0.3) is 5.91 Å². The maximum absolute atomic E-state index is 12.4. The summed E-state index contributed by atoms with van der Waals surface area (Å²) in [5.74, 6) is 0.600. The molecule has 0 spiro atoms. The van der Waals surface area contributed by atoms with Crippen molar-refractivity contribution in [2.45, 2.75) is 39.4 Å². The number of pyridine rings is 1. The molecule has 0 radical (unpaired) electrons. The van der Waals surface area contributed by atoms with E-state index in [0.717, 1.165) is 12.8 Å². The van der Waals surface area contributed by atoms with Crippen LogP contribution in [-0.2, 0) is 14.3 Å². The summed E-state index contributed by atoms with van der Waals surface area (Å²) in [5.41, 5.74) is 0.624. The first-order valence-corrected chi connectivity index (χ1v) is 8.42. The number of anilines is 1. The van der Waals surface area contributed by atoms with E-state index in [1.165, 1.54) is 0 Å². The zero-order valence-electron chi connectivity index (χ0n) is 14.3. The van der Waals surface area contributed by atoms with E-state index in [4.69, 9.17) is 14.6 Å². The van der Waals surface area contributed by atoms with Gasteiger partial charge in [0, 0.05) is 19.2 Å². The topological polar surface area (TPSA) is 80.7 Å². The molecule has 6 heteroatoms. The third-order valence-corrected chi connectivity index (χ3v) is 3.94. The SMILES string of the molecule is CC(C)[C@H]1C=C(C(=O)Nc2cccnc2)O[C@@H](OCCCCO)C1. The van der Waals surface area contributed by atoms with Crippen LogP contribution in [0.5, 0.6) is 0 Å². The lowest BCUT2D eigenvalue weighted by atomic mass is 9.90. The fourth-order valence-corrected chi connectivity index (χ4v) is 2.47. The van der Waals surface area contributed by atoms with Crippen molar-refractivity contribution in [3.05, 3.63) is 36.4 Å². The van der Waals surface area contributed by atoms with Gasteiger partial charge in [-0.1, -0.05) is 13.8 Å². The van der Waals surface area contributed by atoms with Crippen LogP contribution < -0.4 is 5.32 Å². The number of aliphatic hydroxyl groups is 1. The van der Waals surface area contributed by atoms with Crippen LogP contribution in [0.3, 0.4) is 0 Å². The van der Waals surface area contributed by atoms with Crippen LogP contribution in [0.4, 0.5) is 5.69 Å². The lowest BCUT2D eigenvalue weighted by Crippen LogP contribution is -2.31. The number of nitrogens with one attached hydrogen (secondary N) is 1. The molecular weight excluding hydrogens is 308 g/mol. The molecule has 0 aliphatic carbocycles. The molecule has 6 nitrogen and oxygen atoms in total. The molecule has 0 saturated carbocycles.